The highest BCUT2D eigenvalue weighted by Crippen LogP contribution is 2.28. The monoisotopic (exact) mass is 209 g/mol. The third-order valence-electron chi connectivity index (χ3n) is 1.96. The highest BCUT2D eigenvalue weighted by molar-refractivity contribution is 5.80. The van der Waals surface area contributed by atoms with Crippen molar-refractivity contribution in [3.8, 4) is 11.5 Å². The molecule has 6 nitrogen and oxygen atoms in total. The SMILES string of the molecule is COc1cc2c(=O)oc(=O)[nH]c2cc1O. The highest BCUT2D eigenvalue weighted by atomic mass is 16.5. The molecule has 6 heteroatoms. The van der Waals surface area contributed by atoms with Crippen LogP contribution in [0.25, 0.3) is 10.9 Å². The summed E-state index contributed by atoms with van der Waals surface area (Å²) in [5.74, 6) is -0.884. The van der Waals surface area contributed by atoms with Gasteiger partial charge in [-0.05, 0) is 0 Å². The van der Waals surface area contributed by atoms with Gasteiger partial charge in [-0.25, -0.2) is 9.59 Å². The molecule has 0 aliphatic rings. The van der Waals surface area contributed by atoms with Crippen LogP contribution >= 0.6 is 0 Å². The topological polar surface area (TPSA) is 92.5 Å². The average Bonchev–Trinajstić information content (AvgIpc) is 2.16. The second kappa shape index (κ2) is 3.16. The number of fused-ring (bicyclic) bond motifs is 1. The second-order valence-electron chi connectivity index (χ2n) is 2.87. The second-order valence-corrected chi connectivity index (χ2v) is 2.87. The van der Waals surface area contributed by atoms with E-state index < -0.39 is 11.4 Å². The molecule has 2 rings (SSSR count). The third kappa shape index (κ3) is 1.45. The Morgan fingerprint density at radius 2 is 2.13 bits per heavy atom. The van der Waals surface area contributed by atoms with Gasteiger partial charge in [0, 0.05) is 12.1 Å². The normalized spacial score (nSPS) is 10.5. The summed E-state index contributed by atoms with van der Waals surface area (Å²) in [4.78, 5) is 24.4. The average molecular weight is 209 g/mol. The molecule has 0 aliphatic heterocycles. The van der Waals surface area contributed by atoms with E-state index in [0.717, 1.165) is 0 Å². The van der Waals surface area contributed by atoms with Crippen LogP contribution in [0.15, 0.2) is 26.1 Å². The van der Waals surface area contributed by atoms with Crippen LogP contribution in [-0.4, -0.2) is 17.2 Å². The lowest BCUT2D eigenvalue weighted by atomic mass is 10.2. The lowest BCUT2D eigenvalue weighted by molar-refractivity contribution is 0.373. The molecular weight excluding hydrogens is 202 g/mol. The van der Waals surface area contributed by atoms with Gasteiger partial charge in [-0.3, -0.25) is 4.98 Å². The molecule has 0 atom stereocenters. The fourth-order valence-electron chi connectivity index (χ4n) is 1.28. The van der Waals surface area contributed by atoms with Gasteiger partial charge < -0.3 is 14.3 Å². The number of aromatic hydroxyl groups is 1. The minimum absolute atomic E-state index is 0.141. The first-order valence-corrected chi connectivity index (χ1v) is 4.06. The number of hydrogen-bond acceptors (Lipinski definition) is 5. The number of aromatic nitrogens is 1. The van der Waals surface area contributed by atoms with Crippen molar-refractivity contribution < 1.29 is 14.3 Å². The zero-order valence-corrected chi connectivity index (χ0v) is 7.73. The Hall–Kier alpha value is -2.24. The summed E-state index contributed by atoms with van der Waals surface area (Å²) in [6, 6.07) is 2.53. The molecule has 15 heavy (non-hydrogen) atoms. The van der Waals surface area contributed by atoms with Gasteiger partial charge in [-0.1, -0.05) is 0 Å². The van der Waals surface area contributed by atoms with Gasteiger partial charge in [-0.2, -0.15) is 0 Å². The minimum atomic E-state index is -0.864. The molecular formula is C9H7NO5. The van der Waals surface area contributed by atoms with Crippen LogP contribution in [0.3, 0.4) is 0 Å². The van der Waals surface area contributed by atoms with E-state index in [0.29, 0.717) is 0 Å². The van der Waals surface area contributed by atoms with E-state index in [-0.39, 0.29) is 22.4 Å². The van der Waals surface area contributed by atoms with E-state index >= 15 is 0 Å². The van der Waals surface area contributed by atoms with E-state index in [4.69, 9.17) is 4.74 Å². The molecule has 0 aliphatic carbocycles. The van der Waals surface area contributed by atoms with Crippen molar-refractivity contribution in [2.75, 3.05) is 7.11 Å². The molecule has 2 N–H and O–H groups in total. The van der Waals surface area contributed by atoms with Crippen LogP contribution in [0.1, 0.15) is 0 Å². The Morgan fingerprint density at radius 3 is 2.80 bits per heavy atom. The number of H-pyrrole nitrogens is 1. The molecule has 1 heterocycles. The van der Waals surface area contributed by atoms with Gasteiger partial charge in [0.05, 0.1) is 18.0 Å². The largest absolute Gasteiger partial charge is 0.504 e. The predicted molar refractivity (Wildman–Crippen MR) is 51.3 cm³/mol. The summed E-state index contributed by atoms with van der Waals surface area (Å²) in [6.45, 7) is 0. The van der Waals surface area contributed by atoms with Crippen molar-refractivity contribution in [3.63, 3.8) is 0 Å². The van der Waals surface area contributed by atoms with Crippen molar-refractivity contribution in [2.45, 2.75) is 0 Å². The van der Waals surface area contributed by atoms with Crippen LogP contribution in [0, 0.1) is 0 Å². The maximum Gasteiger partial charge on any atom is 0.419 e. The highest BCUT2D eigenvalue weighted by Gasteiger charge is 2.08. The number of aromatic amines is 1. The number of hydrogen-bond donors (Lipinski definition) is 2. The molecule has 0 saturated heterocycles. The Morgan fingerprint density at radius 1 is 1.40 bits per heavy atom. The summed E-state index contributed by atoms with van der Waals surface area (Å²) in [5, 5.41) is 9.55. The van der Waals surface area contributed by atoms with Gasteiger partial charge in [0.25, 0.3) is 0 Å². The van der Waals surface area contributed by atoms with Crippen molar-refractivity contribution in [3.05, 3.63) is 33.1 Å². The number of phenolic OH excluding ortho intramolecular Hbond substituents is 1. The number of ether oxygens (including phenoxy) is 1. The number of methoxy groups -OCH3 is 1. The summed E-state index contributed by atoms with van der Waals surface area (Å²) in [7, 11) is 1.36. The van der Waals surface area contributed by atoms with Crippen LogP contribution in [0.2, 0.25) is 0 Å². The van der Waals surface area contributed by atoms with Crippen molar-refractivity contribution in [1.29, 1.82) is 0 Å². The van der Waals surface area contributed by atoms with Crippen molar-refractivity contribution >= 4 is 10.9 Å². The molecule has 0 radical (unpaired) electrons. The van der Waals surface area contributed by atoms with Gasteiger partial charge >= 0.3 is 11.4 Å². The van der Waals surface area contributed by atoms with Crippen LogP contribution in [0.5, 0.6) is 11.5 Å². The number of rotatable bonds is 1. The maximum absolute atomic E-state index is 11.3. The summed E-state index contributed by atoms with van der Waals surface area (Å²) in [6.07, 6.45) is 0. The zero-order chi connectivity index (χ0) is 11.0. The summed E-state index contributed by atoms with van der Waals surface area (Å²) >= 11 is 0. The van der Waals surface area contributed by atoms with Gasteiger partial charge in [0.15, 0.2) is 11.5 Å². The lowest BCUT2D eigenvalue weighted by Gasteiger charge is -2.03. The maximum atomic E-state index is 11.3. The zero-order valence-electron chi connectivity index (χ0n) is 7.73. The minimum Gasteiger partial charge on any atom is -0.504 e. The first-order chi connectivity index (χ1) is 7.11. The molecule has 1 aromatic carbocycles. The first-order valence-electron chi connectivity index (χ1n) is 4.06. The number of benzene rings is 1. The Labute approximate surface area is 82.7 Å². The molecule has 0 amide bonds. The van der Waals surface area contributed by atoms with E-state index in [2.05, 4.69) is 9.40 Å². The Bertz CT molecular complexity index is 624. The standard InChI is InChI=1S/C9H7NO5/c1-14-7-2-4-5(3-6(7)11)10-9(13)15-8(4)12/h2-3,11H,1H3,(H,10,13). The molecule has 78 valence electrons. The van der Waals surface area contributed by atoms with Crippen molar-refractivity contribution in [1.82, 2.24) is 4.98 Å². The predicted octanol–water partition coefficient (Wildman–Crippen LogP) is 0.195. The lowest BCUT2D eigenvalue weighted by Crippen LogP contribution is -2.14. The first kappa shape index (κ1) is 9.32. The van der Waals surface area contributed by atoms with Gasteiger partial charge in [0.2, 0.25) is 0 Å². The van der Waals surface area contributed by atoms with Crippen LogP contribution in [0.4, 0.5) is 0 Å². The van der Waals surface area contributed by atoms with Crippen LogP contribution < -0.4 is 16.1 Å². The molecule has 2 aromatic rings. The van der Waals surface area contributed by atoms with E-state index in [1.165, 1.54) is 19.2 Å². The number of nitrogens with one attached hydrogen (secondary N) is 1. The fourth-order valence-corrected chi connectivity index (χ4v) is 1.28. The van der Waals surface area contributed by atoms with Gasteiger partial charge in [0.1, 0.15) is 0 Å². The third-order valence-corrected chi connectivity index (χ3v) is 1.96. The summed E-state index contributed by atoms with van der Waals surface area (Å²) in [5.41, 5.74) is -0.568. The van der Waals surface area contributed by atoms with E-state index in [1.807, 2.05) is 0 Å². The molecule has 0 spiro atoms. The fraction of sp³-hybridized carbons (Fsp3) is 0.111. The van der Waals surface area contributed by atoms with Gasteiger partial charge in [-0.15, -0.1) is 0 Å². The van der Waals surface area contributed by atoms with Crippen LogP contribution in [-0.2, 0) is 0 Å². The van der Waals surface area contributed by atoms with E-state index in [9.17, 15) is 14.7 Å². The molecule has 0 fully saturated rings. The Balaban J connectivity index is 2.94. The Kier molecular flexibility index (Phi) is 1.96. The number of phenols is 1. The quantitative estimate of drug-likeness (QED) is 0.699. The summed E-state index contributed by atoms with van der Waals surface area (Å²) < 4.78 is 9.14. The molecule has 0 unspecified atom stereocenters. The van der Waals surface area contributed by atoms with E-state index in [1.54, 1.807) is 0 Å². The van der Waals surface area contributed by atoms with Crippen molar-refractivity contribution in [2.24, 2.45) is 0 Å². The molecule has 1 aromatic heterocycles. The smallest absolute Gasteiger partial charge is 0.419 e. The molecule has 0 bridgehead atoms. The molecule has 0 saturated carbocycles.